The van der Waals surface area contributed by atoms with Gasteiger partial charge in [0, 0.05) is 6.07 Å². The zero-order chi connectivity index (χ0) is 13.7. The summed E-state index contributed by atoms with van der Waals surface area (Å²) in [7, 11) is 1.62. The number of anilines is 2. The second-order valence-corrected chi connectivity index (χ2v) is 3.73. The predicted octanol–water partition coefficient (Wildman–Crippen LogP) is 0.932. The molecular formula is C12H15N5O2. The van der Waals surface area contributed by atoms with Crippen LogP contribution >= 0.6 is 0 Å². The number of methoxy groups -OCH3 is 1. The summed E-state index contributed by atoms with van der Waals surface area (Å²) in [5, 5.41) is 0. The molecule has 0 spiro atoms. The van der Waals surface area contributed by atoms with E-state index in [1.54, 1.807) is 13.2 Å². The second kappa shape index (κ2) is 5.87. The maximum atomic E-state index is 5.53. The third-order valence-corrected chi connectivity index (χ3v) is 2.41. The van der Waals surface area contributed by atoms with Gasteiger partial charge in [0.2, 0.25) is 11.8 Å². The average Bonchev–Trinajstić information content (AvgIpc) is 2.45. The van der Waals surface area contributed by atoms with Crippen LogP contribution in [-0.4, -0.2) is 17.1 Å². The van der Waals surface area contributed by atoms with Gasteiger partial charge in [0.1, 0.15) is 18.2 Å². The molecular weight excluding hydrogens is 246 g/mol. The van der Waals surface area contributed by atoms with Gasteiger partial charge < -0.3 is 20.6 Å². The van der Waals surface area contributed by atoms with Crippen LogP contribution in [0.25, 0.3) is 0 Å². The molecule has 0 atom stereocenters. The Labute approximate surface area is 110 Å². The summed E-state index contributed by atoms with van der Waals surface area (Å²) >= 11 is 0. The Bertz CT molecular complexity index is 544. The molecule has 2 rings (SSSR count). The molecule has 7 nitrogen and oxygen atoms in total. The molecule has 0 fully saturated rings. The van der Waals surface area contributed by atoms with Gasteiger partial charge in [0.25, 0.3) is 0 Å². The number of nitrogens with one attached hydrogen (secondary N) is 1. The van der Waals surface area contributed by atoms with E-state index in [2.05, 4.69) is 15.4 Å². The number of hydrogen-bond acceptors (Lipinski definition) is 7. The van der Waals surface area contributed by atoms with E-state index in [1.807, 2.05) is 24.3 Å². The first-order valence-corrected chi connectivity index (χ1v) is 5.58. The monoisotopic (exact) mass is 261 g/mol. The van der Waals surface area contributed by atoms with Crippen molar-refractivity contribution in [1.82, 2.24) is 9.97 Å². The van der Waals surface area contributed by atoms with Gasteiger partial charge in [-0.15, -0.1) is 0 Å². The largest absolute Gasteiger partial charge is 0.497 e. The molecule has 5 N–H and O–H groups in total. The van der Waals surface area contributed by atoms with Gasteiger partial charge in [-0.3, -0.25) is 0 Å². The van der Waals surface area contributed by atoms with E-state index in [4.69, 9.17) is 21.1 Å². The summed E-state index contributed by atoms with van der Waals surface area (Å²) < 4.78 is 10.6. The van der Waals surface area contributed by atoms with Gasteiger partial charge >= 0.3 is 0 Å². The van der Waals surface area contributed by atoms with E-state index in [0.717, 1.165) is 11.3 Å². The number of benzene rings is 1. The fourth-order valence-corrected chi connectivity index (χ4v) is 1.47. The lowest BCUT2D eigenvalue weighted by Gasteiger charge is -2.08. The van der Waals surface area contributed by atoms with Gasteiger partial charge in [-0.2, -0.15) is 9.97 Å². The Balaban J connectivity index is 2.03. The van der Waals surface area contributed by atoms with Crippen molar-refractivity contribution in [2.24, 2.45) is 5.84 Å². The van der Waals surface area contributed by atoms with Crippen molar-refractivity contribution in [2.75, 3.05) is 18.3 Å². The molecule has 100 valence electrons. The minimum absolute atomic E-state index is 0.0974. The van der Waals surface area contributed by atoms with Crippen LogP contribution in [0.1, 0.15) is 5.56 Å². The highest BCUT2D eigenvalue weighted by Crippen LogP contribution is 2.16. The number of nitrogen functional groups attached to an aromatic ring is 2. The minimum Gasteiger partial charge on any atom is -0.497 e. The van der Waals surface area contributed by atoms with E-state index in [1.165, 1.54) is 0 Å². The van der Waals surface area contributed by atoms with Crippen LogP contribution in [0.2, 0.25) is 0 Å². The van der Waals surface area contributed by atoms with Crippen LogP contribution in [0.4, 0.5) is 11.8 Å². The van der Waals surface area contributed by atoms with Gasteiger partial charge in [0.15, 0.2) is 0 Å². The zero-order valence-corrected chi connectivity index (χ0v) is 10.5. The Morgan fingerprint density at radius 1 is 1.21 bits per heavy atom. The summed E-state index contributed by atoms with van der Waals surface area (Å²) in [4.78, 5) is 7.82. The van der Waals surface area contributed by atoms with Gasteiger partial charge in [-0.05, 0) is 17.7 Å². The van der Waals surface area contributed by atoms with Crippen molar-refractivity contribution in [1.29, 1.82) is 0 Å². The summed E-state index contributed by atoms with van der Waals surface area (Å²) in [6, 6.07) is 9.11. The molecule has 0 radical (unpaired) electrons. The van der Waals surface area contributed by atoms with E-state index in [0.29, 0.717) is 18.3 Å². The Morgan fingerprint density at radius 3 is 2.58 bits per heavy atom. The predicted molar refractivity (Wildman–Crippen MR) is 71.6 cm³/mol. The van der Waals surface area contributed by atoms with Crippen molar-refractivity contribution in [2.45, 2.75) is 6.61 Å². The van der Waals surface area contributed by atoms with Gasteiger partial charge in [-0.1, -0.05) is 12.1 Å². The van der Waals surface area contributed by atoms with Crippen LogP contribution in [-0.2, 0) is 6.61 Å². The molecule has 0 aliphatic rings. The molecule has 2 aromatic rings. The van der Waals surface area contributed by atoms with Crippen molar-refractivity contribution in [3.63, 3.8) is 0 Å². The lowest BCUT2D eigenvalue weighted by atomic mass is 10.2. The Morgan fingerprint density at radius 2 is 1.95 bits per heavy atom. The number of hydrazine groups is 1. The standard InChI is InChI=1S/C12H15N5O2/c1-18-9-4-2-8(3-5-9)7-19-11-6-10(17-14)15-12(13)16-11/h2-6H,7,14H2,1H3,(H3,13,15,16,17). The molecule has 7 heteroatoms. The van der Waals surface area contributed by atoms with Crippen LogP contribution in [0.5, 0.6) is 11.6 Å². The third-order valence-electron chi connectivity index (χ3n) is 2.41. The van der Waals surface area contributed by atoms with E-state index in [-0.39, 0.29) is 5.95 Å². The Kier molecular flexibility index (Phi) is 3.99. The molecule has 0 amide bonds. The molecule has 0 bridgehead atoms. The second-order valence-electron chi connectivity index (χ2n) is 3.73. The average molecular weight is 261 g/mol. The molecule has 0 aliphatic carbocycles. The molecule has 0 aliphatic heterocycles. The highest BCUT2D eigenvalue weighted by molar-refractivity contribution is 5.41. The van der Waals surface area contributed by atoms with Crippen LogP contribution in [0, 0.1) is 0 Å². The molecule has 0 saturated heterocycles. The first kappa shape index (κ1) is 12.9. The van der Waals surface area contributed by atoms with Crippen LogP contribution in [0.3, 0.4) is 0 Å². The van der Waals surface area contributed by atoms with Gasteiger partial charge in [-0.25, -0.2) is 5.84 Å². The Hall–Kier alpha value is -2.54. The number of rotatable bonds is 5. The smallest absolute Gasteiger partial charge is 0.225 e. The maximum absolute atomic E-state index is 5.53. The maximum Gasteiger partial charge on any atom is 0.225 e. The number of nitrogens with two attached hydrogens (primary N) is 2. The quantitative estimate of drug-likeness (QED) is 0.542. The number of hydrogen-bond donors (Lipinski definition) is 3. The van der Waals surface area contributed by atoms with Crippen molar-refractivity contribution in [3.8, 4) is 11.6 Å². The minimum atomic E-state index is 0.0974. The molecule has 1 aromatic carbocycles. The SMILES string of the molecule is COc1ccc(COc2cc(NN)nc(N)n2)cc1. The zero-order valence-electron chi connectivity index (χ0n) is 10.5. The highest BCUT2D eigenvalue weighted by atomic mass is 16.5. The van der Waals surface area contributed by atoms with E-state index < -0.39 is 0 Å². The first-order chi connectivity index (χ1) is 9.21. The fourth-order valence-electron chi connectivity index (χ4n) is 1.47. The number of nitrogens with zero attached hydrogens (tertiary/aromatic N) is 2. The number of ether oxygens (including phenoxy) is 2. The summed E-state index contributed by atoms with van der Waals surface area (Å²) in [6.07, 6.45) is 0. The van der Waals surface area contributed by atoms with Gasteiger partial charge in [0.05, 0.1) is 7.11 Å². The molecule has 1 aromatic heterocycles. The fraction of sp³-hybridized carbons (Fsp3) is 0.167. The van der Waals surface area contributed by atoms with E-state index in [9.17, 15) is 0 Å². The van der Waals surface area contributed by atoms with Crippen LogP contribution < -0.4 is 26.5 Å². The van der Waals surface area contributed by atoms with Crippen molar-refractivity contribution < 1.29 is 9.47 Å². The lowest BCUT2D eigenvalue weighted by Crippen LogP contribution is -2.11. The van der Waals surface area contributed by atoms with Crippen molar-refractivity contribution in [3.05, 3.63) is 35.9 Å². The molecule has 1 heterocycles. The summed E-state index contributed by atoms with van der Waals surface area (Å²) in [5.41, 5.74) is 8.91. The normalized spacial score (nSPS) is 10.0. The van der Waals surface area contributed by atoms with E-state index >= 15 is 0 Å². The lowest BCUT2D eigenvalue weighted by molar-refractivity contribution is 0.294. The summed E-state index contributed by atoms with van der Waals surface area (Å²) in [5.74, 6) is 6.91. The number of aromatic nitrogens is 2. The summed E-state index contributed by atoms with van der Waals surface area (Å²) in [6.45, 7) is 0.366. The third kappa shape index (κ3) is 3.46. The molecule has 0 unspecified atom stereocenters. The topological polar surface area (TPSA) is 108 Å². The first-order valence-electron chi connectivity index (χ1n) is 5.58. The highest BCUT2D eigenvalue weighted by Gasteiger charge is 2.03. The van der Waals surface area contributed by atoms with Crippen molar-refractivity contribution >= 4 is 11.8 Å². The van der Waals surface area contributed by atoms with Crippen LogP contribution in [0.15, 0.2) is 30.3 Å². The molecule has 19 heavy (non-hydrogen) atoms. The molecule has 0 saturated carbocycles.